The molecular weight excluding hydrogens is 240 g/mol. The van der Waals surface area contributed by atoms with Gasteiger partial charge in [0, 0.05) is 6.54 Å². The molecule has 19 heavy (non-hydrogen) atoms. The Bertz CT molecular complexity index is 279. The van der Waals surface area contributed by atoms with Crippen molar-refractivity contribution >= 4 is 5.97 Å². The Morgan fingerprint density at radius 2 is 2.11 bits per heavy atom. The van der Waals surface area contributed by atoms with Crippen LogP contribution in [0, 0.1) is 5.92 Å². The maximum absolute atomic E-state index is 11.8. The molecule has 4 heteroatoms. The Morgan fingerprint density at radius 1 is 1.37 bits per heavy atom. The van der Waals surface area contributed by atoms with Gasteiger partial charge in [0.15, 0.2) is 0 Å². The molecule has 4 nitrogen and oxygen atoms in total. The van der Waals surface area contributed by atoms with Gasteiger partial charge in [0.2, 0.25) is 0 Å². The molecule has 0 bridgehead atoms. The number of ether oxygens (including phenoxy) is 1. The van der Waals surface area contributed by atoms with Crippen LogP contribution in [0.1, 0.15) is 52.9 Å². The van der Waals surface area contributed by atoms with E-state index in [4.69, 9.17) is 10.5 Å². The number of nitrogens with two attached hydrogens (primary N) is 1. The summed E-state index contributed by atoms with van der Waals surface area (Å²) in [5, 5.41) is 0. The van der Waals surface area contributed by atoms with Gasteiger partial charge in [-0.15, -0.1) is 0 Å². The molecule has 1 aliphatic heterocycles. The Hall–Kier alpha value is -0.610. The van der Waals surface area contributed by atoms with Crippen LogP contribution in [0.3, 0.4) is 0 Å². The van der Waals surface area contributed by atoms with Crippen LogP contribution in [-0.2, 0) is 9.53 Å². The third-order valence-electron chi connectivity index (χ3n) is 3.93. The number of rotatable bonds is 6. The van der Waals surface area contributed by atoms with Crippen LogP contribution in [0.4, 0.5) is 0 Å². The lowest BCUT2D eigenvalue weighted by Gasteiger charge is -2.30. The lowest BCUT2D eigenvalue weighted by atomic mass is 9.96. The molecule has 2 N–H and O–H groups in total. The number of carbonyl (C=O) groups excluding carboxylic acids is 1. The predicted octanol–water partition coefficient (Wildman–Crippen LogP) is 2.17. The monoisotopic (exact) mass is 270 g/mol. The van der Waals surface area contributed by atoms with Crippen molar-refractivity contribution in [3.63, 3.8) is 0 Å². The van der Waals surface area contributed by atoms with Gasteiger partial charge in [0.1, 0.15) is 5.54 Å². The van der Waals surface area contributed by atoms with E-state index in [0.29, 0.717) is 13.2 Å². The molecule has 0 radical (unpaired) electrons. The number of likely N-dealkylation sites (tertiary alicyclic amines) is 1. The fourth-order valence-corrected chi connectivity index (χ4v) is 2.90. The van der Waals surface area contributed by atoms with Crippen LogP contribution >= 0.6 is 0 Å². The zero-order chi connectivity index (χ0) is 14.3. The molecule has 0 aromatic carbocycles. The van der Waals surface area contributed by atoms with E-state index < -0.39 is 5.54 Å². The maximum Gasteiger partial charge on any atom is 0.327 e. The molecule has 0 amide bonds. The van der Waals surface area contributed by atoms with Gasteiger partial charge in [0.25, 0.3) is 0 Å². The number of carbonyl (C=O) groups is 1. The van der Waals surface area contributed by atoms with E-state index in [9.17, 15) is 4.79 Å². The van der Waals surface area contributed by atoms with Crippen LogP contribution in [0.2, 0.25) is 0 Å². The summed E-state index contributed by atoms with van der Waals surface area (Å²) >= 11 is 0. The molecule has 112 valence electrons. The Labute approximate surface area is 117 Å². The van der Waals surface area contributed by atoms with Gasteiger partial charge in [-0.25, -0.2) is 0 Å². The van der Waals surface area contributed by atoms with Gasteiger partial charge in [-0.05, 0) is 52.1 Å². The average molecular weight is 270 g/mol. The first-order chi connectivity index (χ1) is 8.99. The maximum atomic E-state index is 11.8. The highest BCUT2D eigenvalue weighted by molar-refractivity contribution is 5.80. The highest BCUT2D eigenvalue weighted by Crippen LogP contribution is 2.22. The van der Waals surface area contributed by atoms with Crippen molar-refractivity contribution in [2.75, 3.05) is 26.2 Å². The van der Waals surface area contributed by atoms with E-state index in [1.807, 2.05) is 6.92 Å². The molecule has 2 unspecified atom stereocenters. The minimum atomic E-state index is -0.888. The van der Waals surface area contributed by atoms with E-state index in [0.717, 1.165) is 19.0 Å². The summed E-state index contributed by atoms with van der Waals surface area (Å²) < 4.78 is 5.05. The number of esters is 1. The second-order valence-corrected chi connectivity index (χ2v) is 6.00. The van der Waals surface area contributed by atoms with Gasteiger partial charge < -0.3 is 15.4 Å². The third kappa shape index (κ3) is 5.49. The molecule has 1 fully saturated rings. The fourth-order valence-electron chi connectivity index (χ4n) is 2.90. The molecular formula is C15H30N2O2. The summed E-state index contributed by atoms with van der Waals surface area (Å²) in [7, 11) is 0. The van der Waals surface area contributed by atoms with Crippen molar-refractivity contribution in [2.45, 2.75) is 58.4 Å². The highest BCUT2D eigenvalue weighted by atomic mass is 16.5. The minimum Gasteiger partial charge on any atom is -0.465 e. The van der Waals surface area contributed by atoms with Crippen molar-refractivity contribution in [3.05, 3.63) is 0 Å². The first-order valence-corrected chi connectivity index (χ1v) is 7.68. The standard InChI is InChI=1S/C15H30N2O2/c1-4-7-13-8-6-10-17(11-9-13)12-15(3,16)14(18)19-5-2/h13H,4-12,16H2,1-3H3. The first kappa shape index (κ1) is 16.4. The summed E-state index contributed by atoms with van der Waals surface area (Å²) in [5.41, 5.74) is 5.22. The molecule has 1 rings (SSSR count). The van der Waals surface area contributed by atoms with Crippen LogP contribution in [0.25, 0.3) is 0 Å². The Kier molecular flexibility index (Phi) is 6.80. The second-order valence-electron chi connectivity index (χ2n) is 6.00. The quantitative estimate of drug-likeness (QED) is 0.752. The number of hydrogen-bond acceptors (Lipinski definition) is 4. The molecule has 1 heterocycles. The van der Waals surface area contributed by atoms with Crippen LogP contribution in [-0.4, -0.2) is 42.6 Å². The number of nitrogens with zero attached hydrogens (tertiary/aromatic N) is 1. The average Bonchev–Trinajstić information content (AvgIpc) is 2.55. The van der Waals surface area contributed by atoms with E-state index in [1.165, 1.54) is 32.1 Å². The van der Waals surface area contributed by atoms with Gasteiger partial charge >= 0.3 is 5.97 Å². The van der Waals surface area contributed by atoms with Crippen LogP contribution in [0.15, 0.2) is 0 Å². The highest BCUT2D eigenvalue weighted by Gasteiger charge is 2.32. The lowest BCUT2D eigenvalue weighted by molar-refractivity contribution is -0.149. The van der Waals surface area contributed by atoms with Gasteiger partial charge in [-0.1, -0.05) is 19.8 Å². The Balaban J connectivity index is 2.46. The first-order valence-electron chi connectivity index (χ1n) is 7.68. The number of hydrogen-bond donors (Lipinski definition) is 1. The van der Waals surface area contributed by atoms with Crippen molar-refractivity contribution < 1.29 is 9.53 Å². The van der Waals surface area contributed by atoms with Gasteiger partial charge in [0.05, 0.1) is 6.61 Å². The summed E-state index contributed by atoms with van der Waals surface area (Å²) in [6, 6.07) is 0. The van der Waals surface area contributed by atoms with Crippen molar-refractivity contribution in [3.8, 4) is 0 Å². The minimum absolute atomic E-state index is 0.288. The SMILES string of the molecule is CCCC1CCCN(CC(C)(N)C(=O)OCC)CC1. The summed E-state index contributed by atoms with van der Waals surface area (Å²) in [4.78, 5) is 14.1. The normalized spacial score (nSPS) is 24.5. The van der Waals surface area contributed by atoms with Crippen molar-refractivity contribution in [2.24, 2.45) is 11.7 Å². The van der Waals surface area contributed by atoms with Gasteiger partial charge in [-0.3, -0.25) is 4.79 Å². The summed E-state index contributed by atoms with van der Waals surface area (Å²) in [5.74, 6) is 0.561. The van der Waals surface area contributed by atoms with Crippen LogP contribution < -0.4 is 5.73 Å². The van der Waals surface area contributed by atoms with Gasteiger partial charge in [-0.2, -0.15) is 0 Å². The third-order valence-corrected chi connectivity index (χ3v) is 3.93. The predicted molar refractivity (Wildman–Crippen MR) is 77.9 cm³/mol. The summed E-state index contributed by atoms with van der Waals surface area (Å²) in [6.45, 7) is 8.94. The lowest BCUT2D eigenvalue weighted by Crippen LogP contribution is -2.54. The second kappa shape index (κ2) is 7.85. The molecule has 1 aliphatic rings. The van der Waals surface area contributed by atoms with E-state index in [1.54, 1.807) is 6.92 Å². The molecule has 1 saturated heterocycles. The smallest absolute Gasteiger partial charge is 0.327 e. The largest absolute Gasteiger partial charge is 0.465 e. The zero-order valence-corrected chi connectivity index (χ0v) is 12.8. The van der Waals surface area contributed by atoms with E-state index in [2.05, 4.69) is 11.8 Å². The fraction of sp³-hybridized carbons (Fsp3) is 0.933. The zero-order valence-electron chi connectivity index (χ0n) is 12.8. The molecule has 0 spiro atoms. The molecule has 0 saturated carbocycles. The molecule has 0 aliphatic carbocycles. The van der Waals surface area contributed by atoms with E-state index in [-0.39, 0.29) is 5.97 Å². The molecule has 0 aromatic rings. The van der Waals surface area contributed by atoms with E-state index >= 15 is 0 Å². The summed E-state index contributed by atoms with van der Waals surface area (Å²) in [6.07, 6.45) is 6.34. The molecule has 2 atom stereocenters. The van der Waals surface area contributed by atoms with Crippen molar-refractivity contribution in [1.82, 2.24) is 4.90 Å². The van der Waals surface area contributed by atoms with Crippen molar-refractivity contribution in [1.29, 1.82) is 0 Å². The molecule has 0 aromatic heterocycles. The topological polar surface area (TPSA) is 55.6 Å². The van der Waals surface area contributed by atoms with Crippen LogP contribution in [0.5, 0.6) is 0 Å². The Morgan fingerprint density at radius 3 is 2.74 bits per heavy atom.